The van der Waals surface area contributed by atoms with Gasteiger partial charge in [-0.1, -0.05) is 23.7 Å². The number of Topliss-reactive ketones (excluding diaryl/α,β-unsaturated/α-hetero) is 1. The van der Waals surface area contributed by atoms with Crippen LogP contribution in [0.1, 0.15) is 30.7 Å². The van der Waals surface area contributed by atoms with E-state index in [-0.39, 0.29) is 31.0 Å². The molecule has 2 aromatic heterocycles. The average molecular weight is 424 g/mol. The molecule has 1 amide bonds. The zero-order chi connectivity index (χ0) is 21.1. The van der Waals surface area contributed by atoms with Gasteiger partial charge in [-0.15, -0.1) is 0 Å². The van der Waals surface area contributed by atoms with Gasteiger partial charge in [0.15, 0.2) is 0 Å². The van der Waals surface area contributed by atoms with Gasteiger partial charge in [0.05, 0.1) is 23.5 Å². The summed E-state index contributed by atoms with van der Waals surface area (Å²) >= 11 is 5.90. The molecule has 0 saturated heterocycles. The molecule has 0 fully saturated rings. The summed E-state index contributed by atoms with van der Waals surface area (Å²) in [4.78, 5) is 26.8. The highest BCUT2D eigenvalue weighted by Gasteiger charge is 2.24. The number of amides is 1. The van der Waals surface area contributed by atoms with Crippen LogP contribution in [0, 0.1) is 6.92 Å². The number of fused-ring (bicyclic) bond motifs is 1. The summed E-state index contributed by atoms with van der Waals surface area (Å²) in [5.74, 6) is 0.742. The maximum Gasteiger partial charge on any atom is 0.228 e. The zero-order valence-electron chi connectivity index (χ0n) is 16.7. The number of rotatable bonds is 6. The molecule has 0 saturated carbocycles. The van der Waals surface area contributed by atoms with Crippen molar-refractivity contribution in [3.05, 3.63) is 58.9 Å². The first-order valence-corrected chi connectivity index (χ1v) is 10.3. The minimum absolute atomic E-state index is 0.0291. The number of carbonyl (C=O) groups is 2. The van der Waals surface area contributed by atoms with E-state index in [2.05, 4.69) is 15.3 Å². The topological polar surface area (TPSA) is 81.0 Å². The SMILES string of the molecule is Cc1cc2n(n1)CCCN2C(=O)CCC(=O)Cc1ccc(-c2ccc(Cl)cc2)nn1. The molecule has 0 radical (unpaired) electrons. The molecule has 4 rings (SSSR count). The first-order chi connectivity index (χ1) is 14.5. The molecule has 1 aliphatic rings. The Morgan fingerprint density at radius 3 is 2.57 bits per heavy atom. The molecule has 0 unspecified atom stereocenters. The van der Waals surface area contributed by atoms with Gasteiger partial charge in [0, 0.05) is 42.6 Å². The van der Waals surface area contributed by atoms with Crippen molar-refractivity contribution in [1.82, 2.24) is 20.0 Å². The Bertz CT molecular complexity index is 1060. The minimum atomic E-state index is -0.0478. The summed E-state index contributed by atoms with van der Waals surface area (Å²) in [6.07, 6.45) is 1.39. The van der Waals surface area contributed by atoms with E-state index in [1.165, 1.54) is 0 Å². The summed E-state index contributed by atoms with van der Waals surface area (Å²) in [5.41, 5.74) is 3.11. The fourth-order valence-corrected chi connectivity index (χ4v) is 3.69. The lowest BCUT2D eigenvalue weighted by molar-refractivity contribution is -0.123. The third-order valence-electron chi connectivity index (χ3n) is 5.07. The quantitative estimate of drug-likeness (QED) is 0.604. The van der Waals surface area contributed by atoms with Crippen LogP contribution in [0.15, 0.2) is 42.5 Å². The number of carbonyl (C=O) groups excluding carboxylic acids is 2. The second kappa shape index (κ2) is 8.75. The number of hydrogen-bond donors (Lipinski definition) is 0. The third-order valence-corrected chi connectivity index (χ3v) is 5.32. The first kappa shape index (κ1) is 20.2. The maximum atomic E-state index is 12.6. The van der Waals surface area contributed by atoms with Gasteiger partial charge in [-0.25, -0.2) is 4.68 Å². The highest BCUT2D eigenvalue weighted by Crippen LogP contribution is 2.23. The van der Waals surface area contributed by atoms with Gasteiger partial charge >= 0.3 is 0 Å². The van der Waals surface area contributed by atoms with Gasteiger partial charge in [0.25, 0.3) is 0 Å². The van der Waals surface area contributed by atoms with E-state index >= 15 is 0 Å². The van der Waals surface area contributed by atoms with Crippen molar-refractivity contribution >= 4 is 29.1 Å². The van der Waals surface area contributed by atoms with E-state index in [0.717, 1.165) is 35.7 Å². The highest BCUT2D eigenvalue weighted by atomic mass is 35.5. The lowest BCUT2D eigenvalue weighted by Gasteiger charge is -2.27. The summed E-state index contributed by atoms with van der Waals surface area (Å²) in [5, 5.41) is 13.4. The number of benzene rings is 1. The van der Waals surface area contributed by atoms with Crippen LogP contribution >= 0.6 is 11.6 Å². The molecule has 30 heavy (non-hydrogen) atoms. The van der Waals surface area contributed by atoms with E-state index < -0.39 is 0 Å². The summed E-state index contributed by atoms with van der Waals surface area (Å²) in [7, 11) is 0. The van der Waals surface area contributed by atoms with Crippen LogP contribution in [0.5, 0.6) is 0 Å². The van der Waals surface area contributed by atoms with Crippen LogP contribution in [0.4, 0.5) is 5.82 Å². The Hall–Kier alpha value is -3.06. The van der Waals surface area contributed by atoms with Crippen molar-refractivity contribution in [3.63, 3.8) is 0 Å². The molecule has 0 bridgehead atoms. The Balaban J connectivity index is 1.32. The van der Waals surface area contributed by atoms with Gasteiger partial charge in [-0.3, -0.25) is 14.5 Å². The molecule has 3 aromatic rings. The standard InChI is InChI=1S/C22H22ClN5O2/c1-15-13-21-27(11-2-12-28(21)26-15)22(30)10-8-19(29)14-18-7-9-20(25-24-18)16-3-5-17(23)6-4-16/h3-7,9,13H,2,8,10-12,14H2,1H3. The molecular formula is C22H22ClN5O2. The first-order valence-electron chi connectivity index (χ1n) is 9.94. The number of aryl methyl sites for hydroxylation is 2. The van der Waals surface area contributed by atoms with Crippen molar-refractivity contribution in [2.45, 2.75) is 39.2 Å². The predicted octanol–water partition coefficient (Wildman–Crippen LogP) is 3.63. The highest BCUT2D eigenvalue weighted by molar-refractivity contribution is 6.30. The van der Waals surface area contributed by atoms with Crippen LogP contribution in [0.2, 0.25) is 5.02 Å². The Labute approximate surface area is 179 Å². The van der Waals surface area contributed by atoms with E-state index in [9.17, 15) is 9.59 Å². The number of nitrogens with zero attached hydrogens (tertiary/aromatic N) is 5. The fourth-order valence-electron chi connectivity index (χ4n) is 3.56. The van der Waals surface area contributed by atoms with Gasteiger partial charge in [-0.2, -0.15) is 15.3 Å². The van der Waals surface area contributed by atoms with E-state index in [1.54, 1.807) is 23.1 Å². The fraction of sp³-hybridized carbons (Fsp3) is 0.318. The van der Waals surface area contributed by atoms with Crippen molar-refractivity contribution < 1.29 is 9.59 Å². The zero-order valence-corrected chi connectivity index (χ0v) is 17.5. The molecule has 0 aliphatic carbocycles. The van der Waals surface area contributed by atoms with Crippen LogP contribution < -0.4 is 4.90 Å². The smallest absolute Gasteiger partial charge is 0.228 e. The summed E-state index contributed by atoms with van der Waals surface area (Å²) < 4.78 is 1.86. The van der Waals surface area contributed by atoms with Crippen molar-refractivity contribution in [3.8, 4) is 11.3 Å². The number of aromatic nitrogens is 4. The van der Waals surface area contributed by atoms with Crippen molar-refractivity contribution in [2.75, 3.05) is 11.4 Å². The molecule has 8 heteroatoms. The number of anilines is 1. The molecule has 3 heterocycles. The Kier molecular flexibility index (Phi) is 5.90. The van der Waals surface area contributed by atoms with Gasteiger partial charge in [-0.05, 0) is 37.6 Å². The Morgan fingerprint density at radius 2 is 1.83 bits per heavy atom. The van der Waals surface area contributed by atoms with Gasteiger partial charge < -0.3 is 0 Å². The lowest BCUT2D eigenvalue weighted by Crippen LogP contribution is -2.37. The minimum Gasteiger partial charge on any atom is -0.299 e. The average Bonchev–Trinajstić information content (AvgIpc) is 3.13. The largest absolute Gasteiger partial charge is 0.299 e. The van der Waals surface area contributed by atoms with Crippen molar-refractivity contribution in [1.29, 1.82) is 0 Å². The second-order valence-electron chi connectivity index (χ2n) is 7.40. The molecule has 0 N–H and O–H groups in total. The number of halogens is 1. The third kappa shape index (κ3) is 4.57. The summed E-state index contributed by atoms with van der Waals surface area (Å²) in [6.45, 7) is 3.39. The van der Waals surface area contributed by atoms with Gasteiger partial charge in [0.2, 0.25) is 5.91 Å². The van der Waals surface area contributed by atoms with Crippen LogP contribution in [0.25, 0.3) is 11.3 Å². The van der Waals surface area contributed by atoms with E-state index in [1.807, 2.05) is 35.9 Å². The number of ketones is 1. The predicted molar refractivity (Wildman–Crippen MR) is 114 cm³/mol. The van der Waals surface area contributed by atoms with E-state index in [0.29, 0.717) is 17.3 Å². The maximum absolute atomic E-state index is 12.6. The lowest BCUT2D eigenvalue weighted by atomic mass is 10.1. The van der Waals surface area contributed by atoms with Crippen LogP contribution in [-0.2, 0) is 22.6 Å². The molecule has 0 spiro atoms. The molecule has 0 atom stereocenters. The van der Waals surface area contributed by atoms with Crippen LogP contribution in [-0.4, -0.2) is 38.2 Å². The molecule has 1 aromatic carbocycles. The monoisotopic (exact) mass is 423 g/mol. The van der Waals surface area contributed by atoms with Crippen LogP contribution in [0.3, 0.4) is 0 Å². The number of hydrogen-bond acceptors (Lipinski definition) is 5. The van der Waals surface area contributed by atoms with Gasteiger partial charge in [0.1, 0.15) is 11.6 Å². The normalized spacial score (nSPS) is 13.2. The van der Waals surface area contributed by atoms with Crippen molar-refractivity contribution in [2.24, 2.45) is 0 Å². The Morgan fingerprint density at radius 1 is 1.03 bits per heavy atom. The second-order valence-corrected chi connectivity index (χ2v) is 7.83. The summed E-state index contributed by atoms with van der Waals surface area (Å²) in [6, 6.07) is 12.9. The molecule has 7 nitrogen and oxygen atoms in total. The molecule has 154 valence electrons. The molecular weight excluding hydrogens is 402 g/mol. The molecule has 1 aliphatic heterocycles. The van der Waals surface area contributed by atoms with E-state index in [4.69, 9.17) is 11.6 Å².